The lowest BCUT2D eigenvalue weighted by Crippen LogP contribution is -2.52. The van der Waals surface area contributed by atoms with Crippen LogP contribution < -0.4 is 45.5 Å². The fourth-order valence-corrected chi connectivity index (χ4v) is 11.6. The largest absolute Gasteiger partial charge is 0.493 e. The number of fused-ring (bicyclic) bond motifs is 4. The molecule has 7 N–H and O–H groups in total. The van der Waals surface area contributed by atoms with Gasteiger partial charge in [0, 0.05) is 80.5 Å². The lowest BCUT2D eigenvalue weighted by Gasteiger charge is -2.41. The first-order valence-electron chi connectivity index (χ1n) is 30.6. The van der Waals surface area contributed by atoms with E-state index in [4.69, 9.17) is 34.8 Å². The summed E-state index contributed by atoms with van der Waals surface area (Å²) in [6.45, 7) is 5.07. The molecule has 4 aliphatic heterocycles. The number of unbranched alkanes of at least 4 members (excludes halogenated alkanes) is 2. The molecule has 4 aliphatic rings. The predicted octanol–water partition coefficient (Wildman–Crippen LogP) is 7.21. The Morgan fingerprint density at radius 1 is 0.750 bits per heavy atom. The highest BCUT2D eigenvalue weighted by molar-refractivity contribution is 6.13. The van der Waals surface area contributed by atoms with Gasteiger partial charge in [0.05, 0.1) is 56.4 Å². The fraction of sp³-hybridized carbons (Fsp3) is 0.343. The number of likely N-dealkylation sites (N-methyl/N-ethyl adjacent to an activating group) is 2. The van der Waals surface area contributed by atoms with Gasteiger partial charge in [0.25, 0.3) is 17.7 Å². The number of anilines is 3. The van der Waals surface area contributed by atoms with E-state index in [1.54, 1.807) is 81.4 Å². The van der Waals surface area contributed by atoms with Crippen LogP contribution >= 0.6 is 0 Å². The molecular weight excluding hydrogens is 1170 g/mol. The minimum atomic E-state index is -0.917. The highest BCUT2D eigenvalue weighted by atomic mass is 16.5. The number of imide groups is 1. The molecule has 0 aliphatic carbocycles. The number of nitrogens with two attached hydrogens (primary N) is 1. The highest BCUT2D eigenvalue weighted by Crippen LogP contribution is 2.40. The maximum absolute atomic E-state index is 13.8. The number of aliphatic hydroxyl groups is 2. The molecule has 6 aromatic carbocycles. The maximum atomic E-state index is 13.8. The Bertz CT molecular complexity index is 3740. The van der Waals surface area contributed by atoms with Crippen molar-refractivity contribution in [2.24, 2.45) is 10.9 Å². The number of carbonyl (C=O) groups is 7. The van der Waals surface area contributed by atoms with E-state index >= 15 is 0 Å². The number of nitrogen functional groups attached to an aromatic ring is 1. The summed E-state index contributed by atoms with van der Waals surface area (Å²) in [5, 5.41) is 28.6. The lowest BCUT2D eigenvalue weighted by atomic mass is 9.93. The molecule has 482 valence electrons. The molecule has 4 atom stereocenters. The van der Waals surface area contributed by atoms with Gasteiger partial charge in [0.2, 0.25) is 17.7 Å². The van der Waals surface area contributed by atoms with E-state index in [0.29, 0.717) is 109 Å². The third-order valence-corrected chi connectivity index (χ3v) is 16.7. The van der Waals surface area contributed by atoms with Crippen LogP contribution in [0.4, 0.5) is 22.7 Å². The van der Waals surface area contributed by atoms with Crippen LogP contribution in [0.2, 0.25) is 0 Å². The summed E-state index contributed by atoms with van der Waals surface area (Å²) < 4.78 is 24.0. The van der Waals surface area contributed by atoms with Crippen molar-refractivity contribution in [3.05, 3.63) is 177 Å². The topological polar surface area (TPSA) is 284 Å². The highest BCUT2D eigenvalue weighted by Gasteiger charge is 2.35. The lowest BCUT2D eigenvalue weighted by molar-refractivity contribution is -0.137. The minimum Gasteiger partial charge on any atom is -0.493 e. The molecular formula is C70H79N9O13. The van der Waals surface area contributed by atoms with Gasteiger partial charge >= 0.3 is 0 Å². The Morgan fingerprint density at radius 3 is 2.00 bits per heavy atom. The second-order valence-electron chi connectivity index (χ2n) is 23.5. The van der Waals surface area contributed by atoms with E-state index in [1.165, 1.54) is 40.9 Å². The number of aliphatic imine (C=N–C) groups is 1. The van der Waals surface area contributed by atoms with Crippen LogP contribution in [0.5, 0.6) is 23.0 Å². The second-order valence-corrected chi connectivity index (χ2v) is 23.5. The number of ether oxygens (including phenoxy) is 4. The SMILES string of the molecule is CC(C)C(NC(=O)CCCCCN1C(=O)C=CC1=O)C(=O)NCC(=O)Nc1ccc(CO)cc1.COc1cc2c(cc1OCc1cc(N)cc(COc3cc(N(C)C(O)C4Cc5ccccc5CN4C)c(C=O)cc3OC)c1)N=CC1Cc3ccccc3CN1C2=O. The maximum Gasteiger partial charge on any atom is 0.257 e. The molecule has 6 aromatic rings. The first-order chi connectivity index (χ1) is 44.3. The Balaban J connectivity index is 0.000000252. The average molecular weight is 1250 g/mol. The summed E-state index contributed by atoms with van der Waals surface area (Å²) in [5.74, 6) is -0.431. The van der Waals surface area contributed by atoms with Gasteiger partial charge in [0.1, 0.15) is 25.5 Å². The van der Waals surface area contributed by atoms with E-state index in [-0.39, 0.29) is 74.4 Å². The zero-order chi connectivity index (χ0) is 65.6. The smallest absolute Gasteiger partial charge is 0.257 e. The number of amides is 6. The molecule has 0 saturated carbocycles. The van der Waals surface area contributed by atoms with Crippen LogP contribution in [0, 0.1) is 5.92 Å². The molecule has 4 heterocycles. The van der Waals surface area contributed by atoms with Crippen LogP contribution in [0.25, 0.3) is 0 Å². The van der Waals surface area contributed by atoms with Gasteiger partial charge in [-0.15, -0.1) is 0 Å². The number of aldehydes is 1. The number of nitrogens with one attached hydrogen (secondary N) is 3. The third kappa shape index (κ3) is 16.3. The standard InChI is InChI=1S/C46H47N5O7.C24H32N4O6/c1-49-23-32-11-7-6-10-31(32)17-40(49)46(54)50(2)39-21-44(41(55-3)18-34(39)25-52)58-27-29-13-28(14-35(47)15-29)26-57-43-20-38-37(19-42(43)56-4)45(53)51-24-33-12-8-5-9-30(33)16-36(51)22-48-38;1-16(2)23(24(34)25-14-20(31)26-18-9-7-17(15-29)8-10-18)27-19(30)6-4-3-5-13-28-21(32)11-12-22(28)33/h5-15,18-22,25,36,40,46,54H,16-17,23-24,26-27,47H2,1-4H3;7-12,16,23,29H,3-6,13-15H2,1-2H3,(H,25,34)(H,26,31)(H,27,30). The summed E-state index contributed by atoms with van der Waals surface area (Å²) in [5.41, 5.74) is 16.4. The van der Waals surface area contributed by atoms with E-state index in [9.17, 15) is 38.7 Å². The van der Waals surface area contributed by atoms with Crippen LogP contribution in [0.15, 0.2) is 132 Å². The number of nitrogens with zero attached hydrogens (tertiary/aromatic N) is 5. The van der Waals surface area contributed by atoms with Crippen molar-refractivity contribution in [2.75, 3.05) is 57.4 Å². The quantitative estimate of drug-likeness (QED) is 0.0109. The predicted molar refractivity (Wildman–Crippen MR) is 348 cm³/mol. The van der Waals surface area contributed by atoms with Gasteiger partial charge in [-0.2, -0.15) is 0 Å². The van der Waals surface area contributed by atoms with E-state index in [1.807, 2.05) is 60.6 Å². The average Bonchev–Trinajstić information content (AvgIpc) is 1.45. The normalized spacial score (nSPS) is 16.2. The number of hydrogen-bond donors (Lipinski definition) is 6. The van der Waals surface area contributed by atoms with Gasteiger partial charge in [-0.3, -0.25) is 48.4 Å². The van der Waals surface area contributed by atoms with Crippen molar-refractivity contribution in [1.82, 2.24) is 25.3 Å². The number of carbonyl (C=O) groups excluding carboxylic acids is 7. The number of hydrogen-bond acceptors (Lipinski definition) is 17. The molecule has 0 bridgehead atoms. The Kier molecular flexibility index (Phi) is 22.2. The molecule has 6 amide bonds. The van der Waals surface area contributed by atoms with Gasteiger partial charge in [-0.05, 0) is 120 Å². The molecule has 0 aromatic heterocycles. The first kappa shape index (κ1) is 66.5. The molecule has 0 spiro atoms. The number of rotatable bonds is 25. The molecule has 0 fully saturated rings. The summed E-state index contributed by atoms with van der Waals surface area (Å²) in [4.78, 5) is 97.7. The minimum absolute atomic E-state index is 0.0923. The zero-order valence-corrected chi connectivity index (χ0v) is 52.6. The van der Waals surface area contributed by atoms with Crippen molar-refractivity contribution in [3.8, 4) is 23.0 Å². The Labute approximate surface area is 535 Å². The summed E-state index contributed by atoms with van der Waals surface area (Å²) in [6.07, 6.45) is 7.55. The van der Waals surface area contributed by atoms with Gasteiger partial charge in [0.15, 0.2) is 29.3 Å². The Hall–Kier alpha value is -9.90. The summed E-state index contributed by atoms with van der Waals surface area (Å²) in [7, 11) is 6.83. The molecule has 0 radical (unpaired) electrons. The van der Waals surface area contributed by atoms with E-state index in [2.05, 4.69) is 45.1 Å². The molecule has 22 nitrogen and oxygen atoms in total. The zero-order valence-electron chi connectivity index (χ0n) is 52.6. The monoisotopic (exact) mass is 1250 g/mol. The third-order valence-electron chi connectivity index (χ3n) is 16.7. The molecule has 92 heavy (non-hydrogen) atoms. The van der Waals surface area contributed by atoms with Crippen molar-refractivity contribution in [2.45, 2.75) is 110 Å². The molecule has 4 unspecified atom stereocenters. The van der Waals surface area contributed by atoms with Crippen molar-refractivity contribution < 1.29 is 62.7 Å². The first-order valence-corrected chi connectivity index (χ1v) is 30.6. The van der Waals surface area contributed by atoms with Gasteiger partial charge < -0.3 is 60.6 Å². The fourth-order valence-electron chi connectivity index (χ4n) is 11.6. The van der Waals surface area contributed by atoms with Crippen LogP contribution in [-0.2, 0) is 69.7 Å². The second kappa shape index (κ2) is 30.7. The molecule has 10 rings (SSSR count). The van der Waals surface area contributed by atoms with Gasteiger partial charge in [-0.1, -0.05) is 80.9 Å². The molecule has 22 heteroatoms. The van der Waals surface area contributed by atoms with E-state index < -0.39 is 24.1 Å². The number of methoxy groups -OCH3 is 2. The van der Waals surface area contributed by atoms with Crippen molar-refractivity contribution >= 4 is 70.7 Å². The Morgan fingerprint density at radius 2 is 1.37 bits per heavy atom. The van der Waals surface area contributed by atoms with Crippen LogP contribution in [0.3, 0.4) is 0 Å². The van der Waals surface area contributed by atoms with Crippen LogP contribution in [-0.4, -0.2) is 139 Å². The molecule has 0 saturated heterocycles. The van der Waals surface area contributed by atoms with Crippen molar-refractivity contribution in [3.63, 3.8) is 0 Å². The van der Waals surface area contributed by atoms with Gasteiger partial charge in [-0.25, -0.2) is 0 Å². The number of benzene rings is 6. The van der Waals surface area contributed by atoms with Crippen LogP contribution in [0.1, 0.15) is 99.2 Å². The van der Waals surface area contributed by atoms with E-state index in [0.717, 1.165) is 28.5 Å². The van der Waals surface area contributed by atoms with Crippen molar-refractivity contribution in [1.29, 1.82) is 0 Å². The summed E-state index contributed by atoms with van der Waals surface area (Å²) in [6, 6.07) is 34.3. The summed E-state index contributed by atoms with van der Waals surface area (Å²) >= 11 is 0. The number of aliphatic hydroxyl groups excluding tert-OH is 2.